The molecule has 0 radical (unpaired) electrons. The molecule has 10 heavy (non-hydrogen) atoms. The first-order chi connectivity index (χ1) is 4.84. The minimum absolute atomic E-state index is 0.522. The lowest BCUT2D eigenvalue weighted by Gasteiger charge is -1.99. The lowest BCUT2D eigenvalue weighted by atomic mass is 10.6. The predicted molar refractivity (Wildman–Crippen MR) is 43.9 cm³/mol. The Morgan fingerprint density at radius 2 is 2.50 bits per heavy atom. The van der Waals surface area contributed by atoms with Gasteiger partial charge < -0.3 is 10.5 Å². The number of thiophene rings is 1. The fourth-order valence-electron chi connectivity index (χ4n) is 0.534. The Morgan fingerprint density at radius 1 is 1.70 bits per heavy atom. The summed E-state index contributed by atoms with van der Waals surface area (Å²) < 4.78 is 5.19. The van der Waals surface area contributed by atoms with Crippen molar-refractivity contribution in [2.75, 3.05) is 13.2 Å². The summed E-state index contributed by atoms with van der Waals surface area (Å²) in [5.74, 6) is 0. The number of hydrogen-bond donors (Lipinski definition) is 1. The van der Waals surface area contributed by atoms with E-state index in [1.807, 2.05) is 5.38 Å². The summed E-state index contributed by atoms with van der Waals surface area (Å²) in [5, 5.41) is 3.30. The smallest absolute Gasteiger partial charge is 0.192 e. The highest BCUT2D eigenvalue weighted by Crippen LogP contribution is 2.30. The summed E-state index contributed by atoms with van der Waals surface area (Å²) in [5.41, 5.74) is 5.23. The first kappa shape index (κ1) is 7.85. The Kier molecular flexibility index (Phi) is 2.99. The van der Waals surface area contributed by atoms with Crippen LogP contribution in [0.5, 0.6) is 5.06 Å². The van der Waals surface area contributed by atoms with Gasteiger partial charge in [0.2, 0.25) is 0 Å². The molecule has 0 atom stereocenters. The number of ether oxygens (including phenoxy) is 1. The van der Waals surface area contributed by atoms with Gasteiger partial charge in [0.25, 0.3) is 0 Å². The molecule has 0 spiro atoms. The second kappa shape index (κ2) is 3.81. The van der Waals surface area contributed by atoms with E-state index in [9.17, 15) is 0 Å². The molecule has 2 N–H and O–H groups in total. The summed E-state index contributed by atoms with van der Waals surface area (Å²) in [6.45, 7) is 1.05. The quantitative estimate of drug-likeness (QED) is 0.764. The Labute approximate surface area is 68.6 Å². The van der Waals surface area contributed by atoms with Gasteiger partial charge >= 0.3 is 0 Å². The molecule has 0 aromatic carbocycles. The van der Waals surface area contributed by atoms with Gasteiger partial charge in [0.15, 0.2) is 5.06 Å². The minimum atomic E-state index is 0.522. The lowest BCUT2D eigenvalue weighted by Crippen LogP contribution is -2.09. The SMILES string of the molecule is NCCOc1sccc1Cl. The van der Waals surface area contributed by atoms with Gasteiger partial charge in [0.05, 0.1) is 5.02 Å². The van der Waals surface area contributed by atoms with E-state index in [4.69, 9.17) is 22.1 Å². The summed E-state index contributed by atoms with van der Waals surface area (Å²) >= 11 is 7.20. The zero-order valence-electron chi connectivity index (χ0n) is 5.34. The van der Waals surface area contributed by atoms with E-state index in [1.54, 1.807) is 6.07 Å². The van der Waals surface area contributed by atoms with Crippen LogP contribution >= 0.6 is 22.9 Å². The average molecular weight is 178 g/mol. The molecule has 0 aliphatic carbocycles. The molecule has 0 saturated carbocycles. The Bertz CT molecular complexity index is 201. The van der Waals surface area contributed by atoms with Crippen molar-refractivity contribution < 1.29 is 4.74 Å². The molecule has 4 heteroatoms. The minimum Gasteiger partial charge on any atom is -0.481 e. The summed E-state index contributed by atoms with van der Waals surface area (Å²) in [6.07, 6.45) is 0. The van der Waals surface area contributed by atoms with Gasteiger partial charge in [-0.05, 0) is 11.4 Å². The maximum Gasteiger partial charge on any atom is 0.192 e. The van der Waals surface area contributed by atoms with Crippen molar-refractivity contribution in [2.24, 2.45) is 5.73 Å². The molecule has 0 amide bonds. The van der Waals surface area contributed by atoms with Crippen molar-refractivity contribution in [3.05, 3.63) is 16.5 Å². The van der Waals surface area contributed by atoms with Gasteiger partial charge in [-0.1, -0.05) is 11.6 Å². The van der Waals surface area contributed by atoms with Crippen LogP contribution in [0.4, 0.5) is 0 Å². The van der Waals surface area contributed by atoms with E-state index in [2.05, 4.69) is 0 Å². The largest absolute Gasteiger partial charge is 0.481 e. The maximum atomic E-state index is 5.72. The zero-order valence-corrected chi connectivity index (χ0v) is 6.91. The van der Waals surface area contributed by atoms with Crippen molar-refractivity contribution in [2.45, 2.75) is 0 Å². The van der Waals surface area contributed by atoms with Crippen LogP contribution in [0.2, 0.25) is 5.02 Å². The monoisotopic (exact) mass is 177 g/mol. The van der Waals surface area contributed by atoms with E-state index >= 15 is 0 Å². The maximum absolute atomic E-state index is 5.72. The van der Waals surface area contributed by atoms with E-state index < -0.39 is 0 Å². The molecule has 1 aromatic rings. The molecular formula is C6H8ClNOS. The van der Waals surface area contributed by atoms with Crippen molar-refractivity contribution >= 4 is 22.9 Å². The summed E-state index contributed by atoms with van der Waals surface area (Å²) in [6, 6.07) is 1.80. The highest BCUT2D eigenvalue weighted by molar-refractivity contribution is 7.12. The fourth-order valence-corrected chi connectivity index (χ4v) is 1.52. The second-order valence-corrected chi connectivity index (χ2v) is 2.98. The first-order valence-electron chi connectivity index (χ1n) is 2.90. The molecule has 0 aliphatic heterocycles. The van der Waals surface area contributed by atoms with Crippen LogP contribution in [0.1, 0.15) is 0 Å². The number of rotatable bonds is 3. The predicted octanol–water partition coefficient (Wildman–Crippen LogP) is 1.74. The summed E-state index contributed by atoms with van der Waals surface area (Å²) in [4.78, 5) is 0. The van der Waals surface area contributed by atoms with E-state index in [0.29, 0.717) is 18.2 Å². The number of halogens is 1. The van der Waals surface area contributed by atoms with Crippen molar-refractivity contribution in [3.63, 3.8) is 0 Å². The third kappa shape index (κ3) is 1.87. The standard InChI is InChI=1S/C6H8ClNOS/c7-5-1-4-10-6(5)9-3-2-8/h1,4H,2-3,8H2. The molecule has 1 aromatic heterocycles. The van der Waals surface area contributed by atoms with Gasteiger partial charge in [-0.2, -0.15) is 0 Å². The van der Waals surface area contributed by atoms with Crippen LogP contribution in [0.25, 0.3) is 0 Å². The van der Waals surface area contributed by atoms with Crippen LogP contribution in [0.3, 0.4) is 0 Å². The van der Waals surface area contributed by atoms with Crippen molar-refractivity contribution in [1.82, 2.24) is 0 Å². The molecule has 1 heterocycles. The van der Waals surface area contributed by atoms with Gasteiger partial charge in [0, 0.05) is 6.54 Å². The van der Waals surface area contributed by atoms with E-state index in [0.717, 1.165) is 5.06 Å². The third-order valence-corrected chi connectivity index (χ3v) is 2.17. The topological polar surface area (TPSA) is 35.2 Å². The van der Waals surface area contributed by atoms with Crippen molar-refractivity contribution in [1.29, 1.82) is 0 Å². The van der Waals surface area contributed by atoms with Gasteiger partial charge in [-0.15, -0.1) is 11.3 Å². The number of hydrogen-bond acceptors (Lipinski definition) is 3. The molecule has 56 valence electrons. The number of nitrogens with two attached hydrogens (primary N) is 1. The van der Waals surface area contributed by atoms with Crippen LogP contribution in [0.15, 0.2) is 11.4 Å². The van der Waals surface area contributed by atoms with Gasteiger partial charge in [-0.25, -0.2) is 0 Å². The zero-order chi connectivity index (χ0) is 7.40. The molecule has 0 fully saturated rings. The van der Waals surface area contributed by atoms with E-state index in [-0.39, 0.29) is 0 Å². The molecule has 0 bridgehead atoms. The Balaban J connectivity index is 2.49. The molecule has 1 rings (SSSR count). The molecule has 0 aliphatic rings. The van der Waals surface area contributed by atoms with Gasteiger partial charge in [-0.3, -0.25) is 0 Å². The Hall–Kier alpha value is -0.250. The van der Waals surface area contributed by atoms with Crippen LogP contribution in [-0.2, 0) is 0 Å². The lowest BCUT2D eigenvalue weighted by molar-refractivity contribution is 0.338. The highest BCUT2D eigenvalue weighted by atomic mass is 35.5. The van der Waals surface area contributed by atoms with Crippen molar-refractivity contribution in [3.8, 4) is 5.06 Å². The van der Waals surface area contributed by atoms with E-state index in [1.165, 1.54) is 11.3 Å². The molecule has 2 nitrogen and oxygen atoms in total. The molecule has 0 saturated heterocycles. The Morgan fingerprint density at radius 3 is 3.00 bits per heavy atom. The highest BCUT2D eigenvalue weighted by Gasteiger charge is 1.99. The molecular weight excluding hydrogens is 170 g/mol. The van der Waals surface area contributed by atoms with Crippen LogP contribution in [-0.4, -0.2) is 13.2 Å². The fraction of sp³-hybridized carbons (Fsp3) is 0.333. The second-order valence-electron chi connectivity index (χ2n) is 1.69. The van der Waals surface area contributed by atoms with Gasteiger partial charge in [0.1, 0.15) is 6.61 Å². The van der Waals surface area contributed by atoms with Crippen LogP contribution < -0.4 is 10.5 Å². The normalized spacial score (nSPS) is 9.80. The van der Waals surface area contributed by atoms with Crippen LogP contribution in [0, 0.1) is 0 Å². The average Bonchev–Trinajstić information content (AvgIpc) is 2.31. The molecule has 0 unspecified atom stereocenters. The third-order valence-electron chi connectivity index (χ3n) is 0.935. The first-order valence-corrected chi connectivity index (χ1v) is 4.16. The summed E-state index contributed by atoms with van der Waals surface area (Å²) in [7, 11) is 0.